The molecule has 3 aromatic rings. The minimum absolute atomic E-state index is 0.0233. The van der Waals surface area contributed by atoms with Gasteiger partial charge in [0.2, 0.25) is 0 Å². The Balaban J connectivity index is 1.51. The van der Waals surface area contributed by atoms with Crippen molar-refractivity contribution in [2.45, 2.75) is 25.4 Å². The molecular weight excluding hydrogens is 308 g/mol. The standard InChI is InChI=1S/C23H20O2/c24-23-21(18-9-5-2-6-10-18)13-11-19-15-20(12-14-22(19)23)25-16-17-7-3-1-4-8-17/h1-10,12,14-15,21H,11,13,16H2. The molecule has 0 spiro atoms. The van der Waals surface area contributed by atoms with E-state index in [4.69, 9.17) is 4.74 Å². The number of aryl methyl sites for hydroxylation is 1. The summed E-state index contributed by atoms with van der Waals surface area (Å²) >= 11 is 0. The van der Waals surface area contributed by atoms with Crippen LogP contribution in [0, 0.1) is 0 Å². The van der Waals surface area contributed by atoms with Gasteiger partial charge in [0.15, 0.2) is 5.78 Å². The Morgan fingerprint density at radius 3 is 2.36 bits per heavy atom. The minimum atomic E-state index is -0.0233. The van der Waals surface area contributed by atoms with Gasteiger partial charge in [-0.15, -0.1) is 0 Å². The molecule has 25 heavy (non-hydrogen) atoms. The van der Waals surface area contributed by atoms with E-state index in [2.05, 4.69) is 0 Å². The average molecular weight is 328 g/mol. The molecule has 0 aromatic heterocycles. The third-order valence-electron chi connectivity index (χ3n) is 4.81. The predicted octanol–water partition coefficient (Wildman–Crippen LogP) is 5.18. The highest BCUT2D eigenvalue weighted by molar-refractivity contribution is 6.03. The van der Waals surface area contributed by atoms with Crippen molar-refractivity contribution in [3.8, 4) is 5.75 Å². The van der Waals surface area contributed by atoms with Crippen LogP contribution in [-0.2, 0) is 13.0 Å². The van der Waals surface area contributed by atoms with Crippen molar-refractivity contribution >= 4 is 5.78 Å². The highest BCUT2D eigenvalue weighted by Crippen LogP contribution is 2.34. The molecule has 0 bridgehead atoms. The summed E-state index contributed by atoms with van der Waals surface area (Å²) in [6.07, 6.45) is 1.77. The Morgan fingerprint density at radius 2 is 1.60 bits per heavy atom. The fourth-order valence-electron chi connectivity index (χ4n) is 3.47. The van der Waals surface area contributed by atoms with E-state index in [1.807, 2.05) is 78.9 Å². The van der Waals surface area contributed by atoms with Crippen molar-refractivity contribution in [1.29, 1.82) is 0 Å². The van der Waals surface area contributed by atoms with Crippen LogP contribution in [0.25, 0.3) is 0 Å². The molecule has 0 amide bonds. The van der Waals surface area contributed by atoms with Crippen LogP contribution in [0.3, 0.4) is 0 Å². The molecule has 1 aliphatic carbocycles. The molecule has 0 saturated heterocycles. The number of rotatable bonds is 4. The molecule has 1 atom stereocenters. The Morgan fingerprint density at radius 1 is 0.880 bits per heavy atom. The number of Topliss-reactive ketones (excluding diaryl/α,β-unsaturated/α-hetero) is 1. The molecule has 4 rings (SSSR count). The number of ketones is 1. The summed E-state index contributed by atoms with van der Waals surface area (Å²) < 4.78 is 5.89. The summed E-state index contributed by atoms with van der Waals surface area (Å²) in [7, 11) is 0. The molecule has 1 aliphatic rings. The number of ether oxygens (including phenoxy) is 1. The molecule has 0 aliphatic heterocycles. The maximum absolute atomic E-state index is 12.9. The maximum Gasteiger partial charge on any atom is 0.170 e. The average Bonchev–Trinajstić information content (AvgIpc) is 2.68. The lowest BCUT2D eigenvalue weighted by Crippen LogP contribution is -2.21. The van der Waals surface area contributed by atoms with E-state index in [0.29, 0.717) is 6.61 Å². The lowest BCUT2D eigenvalue weighted by Gasteiger charge is -2.24. The lowest BCUT2D eigenvalue weighted by atomic mass is 9.79. The van der Waals surface area contributed by atoms with Gasteiger partial charge in [0, 0.05) is 11.5 Å². The first kappa shape index (κ1) is 15.6. The van der Waals surface area contributed by atoms with Crippen molar-refractivity contribution in [3.05, 3.63) is 101 Å². The number of hydrogen-bond acceptors (Lipinski definition) is 2. The van der Waals surface area contributed by atoms with Gasteiger partial charge in [-0.3, -0.25) is 4.79 Å². The van der Waals surface area contributed by atoms with Crippen molar-refractivity contribution in [2.75, 3.05) is 0 Å². The van der Waals surface area contributed by atoms with Gasteiger partial charge in [0.05, 0.1) is 0 Å². The fraction of sp³-hybridized carbons (Fsp3) is 0.174. The second-order valence-electron chi connectivity index (χ2n) is 6.46. The summed E-state index contributed by atoms with van der Waals surface area (Å²) in [4.78, 5) is 12.9. The largest absolute Gasteiger partial charge is 0.489 e. The van der Waals surface area contributed by atoms with Gasteiger partial charge in [-0.25, -0.2) is 0 Å². The molecule has 0 heterocycles. The summed E-state index contributed by atoms with van der Waals surface area (Å²) in [5, 5.41) is 0. The second-order valence-corrected chi connectivity index (χ2v) is 6.46. The van der Waals surface area contributed by atoms with Crippen LogP contribution in [-0.4, -0.2) is 5.78 Å². The summed E-state index contributed by atoms with van der Waals surface area (Å²) in [6.45, 7) is 0.542. The number of benzene rings is 3. The third kappa shape index (κ3) is 3.34. The normalized spacial score (nSPS) is 16.3. The molecule has 3 aromatic carbocycles. The molecule has 0 N–H and O–H groups in total. The van der Waals surface area contributed by atoms with E-state index in [-0.39, 0.29) is 11.7 Å². The molecule has 1 unspecified atom stereocenters. The highest BCUT2D eigenvalue weighted by atomic mass is 16.5. The van der Waals surface area contributed by atoms with Crippen molar-refractivity contribution in [3.63, 3.8) is 0 Å². The topological polar surface area (TPSA) is 26.3 Å². The molecule has 2 nitrogen and oxygen atoms in total. The predicted molar refractivity (Wildman–Crippen MR) is 99.1 cm³/mol. The van der Waals surface area contributed by atoms with Crippen LogP contribution in [0.2, 0.25) is 0 Å². The molecular formula is C23H20O2. The van der Waals surface area contributed by atoms with E-state index in [9.17, 15) is 4.79 Å². The molecule has 0 fully saturated rings. The first-order chi connectivity index (χ1) is 12.3. The van der Waals surface area contributed by atoms with Gasteiger partial charge in [-0.05, 0) is 47.7 Å². The smallest absolute Gasteiger partial charge is 0.170 e. The van der Waals surface area contributed by atoms with E-state index in [1.165, 1.54) is 0 Å². The van der Waals surface area contributed by atoms with Crippen molar-refractivity contribution < 1.29 is 9.53 Å². The fourth-order valence-corrected chi connectivity index (χ4v) is 3.47. The summed E-state index contributed by atoms with van der Waals surface area (Å²) in [5.41, 5.74) is 4.19. The Kier molecular flexibility index (Phi) is 4.34. The lowest BCUT2D eigenvalue weighted by molar-refractivity contribution is 0.0946. The quantitative estimate of drug-likeness (QED) is 0.660. The van der Waals surface area contributed by atoms with Crippen molar-refractivity contribution in [2.24, 2.45) is 0 Å². The maximum atomic E-state index is 12.9. The molecule has 0 radical (unpaired) electrons. The molecule has 0 saturated carbocycles. The van der Waals surface area contributed by atoms with E-state index >= 15 is 0 Å². The van der Waals surface area contributed by atoms with Crippen LogP contribution in [0.15, 0.2) is 78.9 Å². The summed E-state index contributed by atoms with van der Waals surface area (Å²) in [6, 6.07) is 26.0. The van der Waals surface area contributed by atoms with Crippen molar-refractivity contribution in [1.82, 2.24) is 0 Å². The number of fused-ring (bicyclic) bond motifs is 1. The van der Waals surface area contributed by atoms with Gasteiger partial charge >= 0.3 is 0 Å². The molecule has 2 heteroatoms. The second kappa shape index (κ2) is 6.94. The van der Waals surface area contributed by atoms with Crippen LogP contribution in [0.1, 0.15) is 39.4 Å². The Bertz CT molecular complexity index is 869. The first-order valence-electron chi connectivity index (χ1n) is 8.70. The number of carbonyl (C=O) groups excluding carboxylic acids is 1. The molecule has 124 valence electrons. The zero-order valence-electron chi connectivity index (χ0n) is 14.0. The van der Waals surface area contributed by atoms with Crippen LogP contribution < -0.4 is 4.74 Å². The van der Waals surface area contributed by atoms with E-state index < -0.39 is 0 Å². The van der Waals surface area contributed by atoms with Gasteiger partial charge in [0.25, 0.3) is 0 Å². The van der Waals surface area contributed by atoms with Gasteiger partial charge in [-0.1, -0.05) is 60.7 Å². The SMILES string of the molecule is O=C1c2ccc(OCc3ccccc3)cc2CCC1c1ccccc1. The summed E-state index contributed by atoms with van der Waals surface area (Å²) in [5.74, 6) is 1.03. The Labute approximate surface area is 148 Å². The van der Waals surface area contributed by atoms with Gasteiger partial charge in [-0.2, -0.15) is 0 Å². The minimum Gasteiger partial charge on any atom is -0.489 e. The Hall–Kier alpha value is -2.87. The van der Waals surface area contributed by atoms with E-state index in [1.54, 1.807) is 0 Å². The van der Waals surface area contributed by atoms with Crippen LogP contribution >= 0.6 is 0 Å². The highest BCUT2D eigenvalue weighted by Gasteiger charge is 2.28. The number of hydrogen-bond donors (Lipinski definition) is 0. The van der Waals surface area contributed by atoms with Gasteiger partial charge < -0.3 is 4.74 Å². The third-order valence-corrected chi connectivity index (χ3v) is 4.81. The zero-order valence-corrected chi connectivity index (χ0v) is 14.0. The van der Waals surface area contributed by atoms with Crippen LogP contribution in [0.4, 0.5) is 0 Å². The van der Waals surface area contributed by atoms with Crippen LogP contribution in [0.5, 0.6) is 5.75 Å². The monoisotopic (exact) mass is 328 g/mol. The zero-order chi connectivity index (χ0) is 17.1. The first-order valence-corrected chi connectivity index (χ1v) is 8.70. The van der Waals surface area contributed by atoms with Gasteiger partial charge in [0.1, 0.15) is 12.4 Å². The number of carbonyl (C=O) groups is 1. The van der Waals surface area contributed by atoms with E-state index in [0.717, 1.165) is 40.8 Å².